The van der Waals surface area contributed by atoms with Crippen molar-refractivity contribution in [3.63, 3.8) is 0 Å². The second kappa shape index (κ2) is 7.26. The third-order valence-electron chi connectivity index (χ3n) is 4.97. The number of hydrogen-bond acceptors (Lipinski definition) is 1. The van der Waals surface area contributed by atoms with E-state index in [2.05, 4.69) is 57.3 Å². The molecular formula is C19H31N. The summed E-state index contributed by atoms with van der Waals surface area (Å²) in [6, 6.07) is 10.2. The summed E-state index contributed by atoms with van der Waals surface area (Å²) in [5, 5.41) is 3.81. The molecule has 1 unspecified atom stereocenters. The van der Waals surface area contributed by atoms with Gasteiger partial charge in [0.2, 0.25) is 0 Å². The topological polar surface area (TPSA) is 12.0 Å². The largest absolute Gasteiger partial charge is 0.307 e. The van der Waals surface area contributed by atoms with E-state index in [9.17, 15) is 0 Å². The second-order valence-electron chi connectivity index (χ2n) is 6.90. The number of rotatable bonds is 5. The van der Waals surface area contributed by atoms with Crippen molar-refractivity contribution in [2.45, 2.75) is 77.8 Å². The minimum atomic E-state index is 0.452. The Morgan fingerprint density at radius 3 is 1.95 bits per heavy atom. The quantitative estimate of drug-likeness (QED) is 0.754. The summed E-state index contributed by atoms with van der Waals surface area (Å²) in [6.07, 6.45) is 7.11. The van der Waals surface area contributed by atoms with Crippen LogP contribution in [0.1, 0.15) is 82.9 Å². The highest BCUT2D eigenvalue weighted by atomic mass is 14.9. The van der Waals surface area contributed by atoms with Crippen molar-refractivity contribution >= 4 is 0 Å². The summed E-state index contributed by atoms with van der Waals surface area (Å²) in [7, 11) is 0. The molecule has 0 aliphatic heterocycles. The van der Waals surface area contributed by atoms with Crippen LogP contribution in [0, 0.1) is 5.92 Å². The first kappa shape index (κ1) is 15.6. The van der Waals surface area contributed by atoms with Gasteiger partial charge in [-0.2, -0.15) is 0 Å². The predicted molar refractivity (Wildman–Crippen MR) is 88.1 cm³/mol. The van der Waals surface area contributed by atoms with Crippen LogP contribution in [0.3, 0.4) is 0 Å². The Balaban J connectivity index is 1.91. The molecule has 1 aliphatic carbocycles. The van der Waals surface area contributed by atoms with Crippen molar-refractivity contribution in [1.82, 2.24) is 5.32 Å². The molecule has 1 aromatic rings. The number of hydrogen-bond donors (Lipinski definition) is 1. The van der Waals surface area contributed by atoms with E-state index in [0.717, 1.165) is 5.92 Å². The molecule has 2 atom stereocenters. The first-order valence-electron chi connectivity index (χ1n) is 8.44. The molecule has 1 aliphatic rings. The van der Waals surface area contributed by atoms with Crippen LogP contribution in [-0.2, 0) is 0 Å². The molecule has 1 nitrogen and oxygen atoms in total. The Hall–Kier alpha value is -0.820. The van der Waals surface area contributed by atoms with Gasteiger partial charge in [-0.3, -0.25) is 0 Å². The monoisotopic (exact) mass is 273 g/mol. The highest BCUT2D eigenvalue weighted by Crippen LogP contribution is 2.28. The second-order valence-corrected chi connectivity index (χ2v) is 6.90. The Morgan fingerprint density at radius 2 is 1.40 bits per heavy atom. The van der Waals surface area contributed by atoms with E-state index in [1.54, 1.807) is 0 Å². The van der Waals surface area contributed by atoms with E-state index >= 15 is 0 Å². The van der Waals surface area contributed by atoms with E-state index < -0.39 is 0 Å². The van der Waals surface area contributed by atoms with E-state index in [4.69, 9.17) is 0 Å². The number of benzene rings is 1. The minimum absolute atomic E-state index is 0.452. The third-order valence-corrected chi connectivity index (χ3v) is 4.97. The van der Waals surface area contributed by atoms with Crippen LogP contribution in [0.15, 0.2) is 24.3 Å². The molecule has 1 fully saturated rings. The number of nitrogens with one attached hydrogen (secondary N) is 1. The summed E-state index contributed by atoms with van der Waals surface area (Å²) in [6.45, 7) is 9.17. The smallest absolute Gasteiger partial charge is 0.0294 e. The molecule has 1 saturated carbocycles. The summed E-state index contributed by atoms with van der Waals surface area (Å²) in [4.78, 5) is 0. The van der Waals surface area contributed by atoms with Crippen LogP contribution in [0.5, 0.6) is 0 Å². The van der Waals surface area contributed by atoms with Crippen LogP contribution in [0.25, 0.3) is 0 Å². The minimum Gasteiger partial charge on any atom is -0.307 e. The summed E-state index contributed by atoms with van der Waals surface area (Å²) < 4.78 is 0. The molecule has 2 rings (SSSR count). The molecule has 1 aromatic carbocycles. The first-order valence-corrected chi connectivity index (χ1v) is 8.44. The molecular weight excluding hydrogens is 242 g/mol. The molecule has 0 amide bonds. The van der Waals surface area contributed by atoms with Crippen LogP contribution in [0.4, 0.5) is 0 Å². The molecule has 1 heteroatoms. The van der Waals surface area contributed by atoms with Gasteiger partial charge < -0.3 is 5.32 Å². The Labute approximate surface area is 125 Å². The van der Waals surface area contributed by atoms with E-state index in [0.29, 0.717) is 18.0 Å². The van der Waals surface area contributed by atoms with Crippen LogP contribution >= 0.6 is 0 Å². The van der Waals surface area contributed by atoms with Crippen LogP contribution in [-0.4, -0.2) is 6.04 Å². The average Bonchev–Trinajstić information content (AvgIpc) is 2.48. The van der Waals surface area contributed by atoms with E-state index in [1.807, 2.05) is 0 Å². The fraction of sp³-hybridized carbons (Fsp3) is 0.684. The van der Waals surface area contributed by atoms with Gasteiger partial charge in [0.05, 0.1) is 0 Å². The summed E-state index contributed by atoms with van der Waals surface area (Å²) >= 11 is 0. The zero-order valence-corrected chi connectivity index (χ0v) is 13.7. The first-order chi connectivity index (χ1) is 9.58. The summed E-state index contributed by atoms with van der Waals surface area (Å²) in [5.74, 6) is 1.50. The highest BCUT2D eigenvalue weighted by Gasteiger charge is 2.21. The van der Waals surface area contributed by atoms with Gasteiger partial charge in [0.1, 0.15) is 0 Å². The molecule has 0 aromatic heterocycles. The lowest BCUT2D eigenvalue weighted by Gasteiger charge is -2.31. The SMILES string of the molecule is CC(C)c1ccc(C(C)N[C@@H](C)C2CCCCC2)cc1. The molecule has 0 spiro atoms. The van der Waals surface area contributed by atoms with Gasteiger partial charge in [0.25, 0.3) is 0 Å². The maximum absolute atomic E-state index is 3.81. The molecule has 112 valence electrons. The fourth-order valence-corrected chi connectivity index (χ4v) is 3.43. The van der Waals surface area contributed by atoms with Gasteiger partial charge in [-0.25, -0.2) is 0 Å². The zero-order chi connectivity index (χ0) is 14.5. The Kier molecular flexibility index (Phi) is 5.65. The van der Waals surface area contributed by atoms with Crippen molar-refractivity contribution in [3.05, 3.63) is 35.4 Å². The lowest BCUT2D eigenvalue weighted by atomic mass is 9.84. The predicted octanol–water partition coefficient (Wildman–Crippen LogP) is 5.43. The Bertz CT molecular complexity index is 387. The third kappa shape index (κ3) is 4.09. The van der Waals surface area contributed by atoms with E-state index in [1.165, 1.54) is 43.2 Å². The van der Waals surface area contributed by atoms with Gasteiger partial charge in [0.15, 0.2) is 0 Å². The normalized spacial score (nSPS) is 20.1. The summed E-state index contributed by atoms with van der Waals surface area (Å²) in [5.41, 5.74) is 2.85. The standard InChI is InChI=1S/C19H31N/c1-14(2)17-10-12-19(13-11-17)16(4)20-15(3)18-8-6-5-7-9-18/h10-16,18,20H,5-9H2,1-4H3/t15-,16?/m0/s1. The molecule has 20 heavy (non-hydrogen) atoms. The van der Waals surface area contributed by atoms with Gasteiger partial charge >= 0.3 is 0 Å². The molecule has 0 radical (unpaired) electrons. The van der Waals surface area contributed by atoms with Gasteiger partial charge in [-0.15, -0.1) is 0 Å². The van der Waals surface area contributed by atoms with Gasteiger partial charge in [-0.1, -0.05) is 57.4 Å². The highest BCUT2D eigenvalue weighted by molar-refractivity contribution is 5.26. The lowest BCUT2D eigenvalue weighted by molar-refractivity contribution is 0.268. The van der Waals surface area contributed by atoms with Crippen molar-refractivity contribution in [2.75, 3.05) is 0 Å². The van der Waals surface area contributed by atoms with E-state index in [-0.39, 0.29) is 0 Å². The Morgan fingerprint density at radius 1 is 0.850 bits per heavy atom. The molecule has 0 heterocycles. The zero-order valence-electron chi connectivity index (χ0n) is 13.7. The van der Waals surface area contributed by atoms with Crippen molar-refractivity contribution < 1.29 is 0 Å². The average molecular weight is 273 g/mol. The van der Waals surface area contributed by atoms with Crippen molar-refractivity contribution in [1.29, 1.82) is 0 Å². The lowest BCUT2D eigenvalue weighted by Crippen LogP contribution is -2.36. The van der Waals surface area contributed by atoms with Crippen molar-refractivity contribution in [2.24, 2.45) is 5.92 Å². The fourth-order valence-electron chi connectivity index (χ4n) is 3.43. The maximum Gasteiger partial charge on any atom is 0.0294 e. The van der Waals surface area contributed by atoms with Crippen LogP contribution < -0.4 is 5.32 Å². The van der Waals surface area contributed by atoms with Gasteiger partial charge in [-0.05, 0) is 49.7 Å². The van der Waals surface area contributed by atoms with Crippen molar-refractivity contribution in [3.8, 4) is 0 Å². The molecule has 1 N–H and O–H groups in total. The maximum atomic E-state index is 3.81. The van der Waals surface area contributed by atoms with Crippen LogP contribution in [0.2, 0.25) is 0 Å². The molecule has 0 saturated heterocycles. The molecule has 0 bridgehead atoms. The van der Waals surface area contributed by atoms with Gasteiger partial charge in [0, 0.05) is 12.1 Å².